The topological polar surface area (TPSA) is 209 Å². The molecule has 0 saturated carbocycles. The van der Waals surface area contributed by atoms with Gasteiger partial charge in [0.2, 0.25) is 6.29 Å². The first-order valence-corrected chi connectivity index (χ1v) is 10.5. The van der Waals surface area contributed by atoms with Crippen LogP contribution >= 0.6 is 0 Å². The van der Waals surface area contributed by atoms with E-state index in [9.17, 15) is 40.5 Å². The number of rotatable bonds is 5. The molecule has 0 aliphatic carbocycles. The second-order valence-corrected chi connectivity index (χ2v) is 8.25. The van der Waals surface area contributed by atoms with E-state index in [1.165, 1.54) is 13.0 Å². The lowest BCUT2D eigenvalue weighted by molar-refractivity contribution is -0.318. The fourth-order valence-electron chi connectivity index (χ4n) is 3.86. The first-order chi connectivity index (χ1) is 16.1. The summed E-state index contributed by atoms with van der Waals surface area (Å²) in [4.78, 5) is 11.9. The van der Waals surface area contributed by atoms with Crippen molar-refractivity contribution in [1.82, 2.24) is 0 Å². The molecule has 0 amide bonds. The van der Waals surface area contributed by atoms with Crippen molar-refractivity contribution in [3.8, 4) is 11.5 Å². The molecular formula is C21H26O13. The minimum Gasteiger partial charge on any atom is -0.507 e. The number of benzene rings is 1. The van der Waals surface area contributed by atoms with E-state index in [0.717, 1.165) is 18.4 Å². The monoisotopic (exact) mass is 486 g/mol. The Morgan fingerprint density at radius 1 is 0.882 bits per heavy atom. The van der Waals surface area contributed by atoms with Gasteiger partial charge in [0.15, 0.2) is 11.7 Å². The summed E-state index contributed by atoms with van der Waals surface area (Å²) in [5, 5.41) is 70.7. The molecule has 3 heterocycles. The van der Waals surface area contributed by atoms with Crippen molar-refractivity contribution in [2.24, 2.45) is 0 Å². The number of aliphatic hydroxyl groups is 6. The van der Waals surface area contributed by atoms with Crippen molar-refractivity contribution < 1.29 is 59.1 Å². The standard InChI is InChI=1S/C21H26O13/c1-7-14(24)16(26)18(28)20(32-7)31-6-12-15(25)17(27)19(29)21(34-12)33-8-4-10(23)13-9(22)2-3-30-11(13)5-8/h2-5,7,12,14-21,23-29H,6H2,1H3. The van der Waals surface area contributed by atoms with E-state index in [2.05, 4.69) is 0 Å². The van der Waals surface area contributed by atoms with Crippen LogP contribution in [0.3, 0.4) is 0 Å². The Kier molecular flexibility index (Phi) is 7.09. The summed E-state index contributed by atoms with van der Waals surface area (Å²) < 4.78 is 27.0. The number of aliphatic hydroxyl groups excluding tert-OH is 6. The Bertz CT molecular complexity index is 1060. The molecular weight excluding hydrogens is 460 g/mol. The van der Waals surface area contributed by atoms with Gasteiger partial charge >= 0.3 is 0 Å². The lowest BCUT2D eigenvalue weighted by Crippen LogP contribution is -2.61. The quantitative estimate of drug-likeness (QED) is 0.234. The van der Waals surface area contributed by atoms with Crippen LogP contribution in [0.25, 0.3) is 11.0 Å². The minimum atomic E-state index is -1.72. The SMILES string of the molecule is CC1OC(OCC2OC(Oc3cc(O)c4c(=O)ccoc4c3)C(O)C(O)C2O)C(O)C(O)C1O. The van der Waals surface area contributed by atoms with Crippen LogP contribution in [0.2, 0.25) is 0 Å². The minimum absolute atomic E-state index is 0.00608. The number of fused-ring (bicyclic) bond motifs is 1. The molecule has 7 N–H and O–H groups in total. The van der Waals surface area contributed by atoms with Crippen molar-refractivity contribution in [3.05, 3.63) is 34.7 Å². The third-order valence-electron chi connectivity index (χ3n) is 5.87. The lowest BCUT2D eigenvalue weighted by atomic mass is 9.98. The molecule has 1 aromatic heterocycles. The predicted molar refractivity (Wildman–Crippen MR) is 110 cm³/mol. The number of hydrogen-bond acceptors (Lipinski definition) is 13. The Morgan fingerprint density at radius 2 is 1.56 bits per heavy atom. The second kappa shape index (κ2) is 9.73. The van der Waals surface area contributed by atoms with E-state index in [1.54, 1.807) is 0 Å². The molecule has 34 heavy (non-hydrogen) atoms. The Morgan fingerprint density at radius 3 is 2.29 bits per heavy atom. The molecule has 1 aromatic carbocycles. The summed E-state index contributed by atoms with van der Waals surface area (Å²) in [6.45, 7) is 1.01. The molecule has 2 aliphatic rings. The van der Waals surface area contributed by atoms with E-state index in [-0.39, 0.29) is 16.7 Å². The van der Waals surface area contributed by atoms with Gasteiger partial charge in [0, 0.05) is 18.2 Å². The van der Waals surface area contributed by atoms with Gasteiger partial charge in [-0.15, -0.1) is 0 Å². The molecule has 0 bridgehead atoms. The van der Waals surface area contributed by atoms with Crippen LogP contribution in [0, 0.1) is 0 Å². The van der Waals surface area contributed by atoms with E-state index in [4.69, 9.17) is 23.4 Å². The van der Waals surface area contributed by atoms with Gasteiger partial charge in [-0.3, -0.25) is 4.79 Å². The fourth-order valence-corrected chi connectivity index (χ4v) is 3.86. The van der Waals surface area contributed by atoms with Gasteiger partial charge in [0.25, 0.3) is 0 Å². The van der Waals surface area contributed by atoms with E-state index in [1.807, 2.05) is 0 Å². The zero-order valence-electron chi connectivity index (χ0n) is 17.9. The van der Waals surface area contributed by atoms with Crippen LogP contribution in [-0.4, -0.2) is 104 Å². The zero-order chi connectivity index (χ0) is 24.7. The van der Waals surface area contributed by atoms with Gasteiger partial charge in [-0.1, -0.05) is 0 Å². The maximum absolute atomic E-state index is 11.9. The first-order valence-electron chi connectivity index (χ1n) is 10.5. The van der Waals surface area contributed by atoms with Crippen LogP contribution in [-0.2, 0) is 14.2 Å². The Balaban J connectivity index is 1.47. The average Bonchev–Trinajstić information content (AvgIpc) is 2.80. The van der Waals surface area contributed by atoms with E-state index in [0.29, 0.717) is 0 Å². The van der Waals surface area contributed by atoms with Crippen LogP contribution in [0.4, 0.5) is 0 Å². The third-order valence-corrected chi connectivity index (χ3v) is 5.87. The molecule has 4 rings (SSSR count). The zero-order valence-corrected chi connectivity index (χ0v) is 17.9. The molecule has 13 heteroatoms. The number of aromatic hydroxyl groups is 1. The van der Waals surface area contributed by atoms with Gasteiger partial charge < -0.3 is 59.1 Å². The van der Waals surface area contributed by atoms with Crippen LogP contribution in [0.5, 0.6) is 11.5 Å². The summed E-state index contributed by atoms with van der Waals surface area (Å²) in [5.41, 5.74) is -0.472. The van der Waals surface area contributed by atoms with Gasteiger partial charge in [0.1, 0.15) is 65.2 Å². The summed E-state index contributed by atoms with van der Waals surface area (Å²) >= 11 is 0. The highest BCUT2D eigenvalue weighted by Crippen LogP contribution is 2.31. The molecule has 10 unspecified atom stereocenters. The number of hydrogen-bond donors (Lipinski definition) is 7. The van der Waals surface area contributed by atoms with Crippen molar-refractivity contribution >= 4 is 11.0 Å². The molecule has 2 fully saturated rings. The third kappa shape index (κ3) is 4.62. The number of phenolic OH excluding ortho intramolecular Hbond substituents is 1. The van der Waals surface area contributed by atoms with Crippen molar-refractivity contribution in [2.45, 2.75) is 68.3 Å². The van der Waals surface area contributed by atoms with Gasteiger partial charge in [0.05, 0.1) is 19.0 Å². The molecule has 13 nitrogen and oxygen atoms in total. The molecule has 2 saturated heterocycles. The maximum atomic E-state index is 11.9. The fraction of sp³-hybridized carbons (Fsp3) is 0.571. The largest absolute Gasteiger partial charge is 0.507 e. The summed E-state index contributed by atoms with van der Waals surface area (Å²) in [5.74, 6) is -0.505. The van der Waals surface area contributed by atoms with Crippen LogP contribution in [0.15, 0.2) is 33.7 Å². The van der Waals surface area contributed by atoms with Crippen LogP contribution in [0.1, 0.15) is 6.92 Å². The van der Waals surface area contributed by atoms with Gasteiger partial charge in [-0.2, -0.15) is 0 Å². The van der Waals surface area contributed by atoms with Crippen LogP contribution < -0.4 is 10.2 Å². The van der Waals surface area contributed by atoms with Gasteiger partial charge in [-0.05, 0) is 6.92 Å². The number of phenols is 1. The Labute approximate surface area is 191 Å². The van der Waals surface area contributed by atoms with Crippen molar-refractivity contribution in [1.29, 1.82) is 0 Å². The molecule has 2 aromatic rings. The Hall–Kier alpha value is -2.33. The normalized spacial score (nSPS) is 38.7. The summed E-state index contributed by atoms with van der Waals surface area (Å²) in [6, 6.07) is 3.50. The molecule has 188 valence electrons. The molecule has 10 atom stereocenters. The lowest BCUT2D eigenvalue weighted by Gasteiger charge is -2.42. The van der Waals surface area contributed by atoms with Gasteiger partial charge in [-0.25, -0.2) is 0 Å². The number of ether oxygens (including phenoxy) is 4. The maximum Gasteiger partial charge on any atom is 0.229 e. The van der Waals surface area contributed by atoms with E-state index < -0.39 is 79.2 Å². The summed E-state index contributed by atoms with van der Waals surface area (Å²) in [6.07, 6.45) is -13.4. The molecule has 0 spiro atoms. The highest BCUT2D eigenvalue weighted by molar-refractivity contribution is 5.84. The smallest absolute Gasteiger partial charge is 0.229 e. The predicted octanol–water partition coefficient (Wildman–Crippen LogP) is -2.47. The van der Waals surface area contributed by atoms with Crippen molar-refractivity contribution in [2.75, 3.05) is 6.61 Å². The molecule has 0 radical (unpaired) electrons. The summed E-state index contributed by atoms with van der Waals surface area (Å²) in [7, 11) is 0. The highest BCUT2D eigenvalue weighted by atomic mass is 16.7. The highest BCUT2D eigenvalue weighted by Gasteiger charge is 2.47. The van der Waals surface area contributed by atoms with E-state index >= 15 is 0 Å². The van der Waals surface area contributed by atoms with Crippen molar-refractivity contribution in [3.63, 3.8) is 0 Å². The first kappa shape index (κ1) is 24.8. The average molecular weight is 486 g/mol. The second-order valence-electron chi connectivity index (χ2n) is 8.25. The molecule has 2 aliphatic heterocycles.